The standard InChI is InChI=1S/C8H14F3NO/c1-6(2)12-3-4-13-5-7(12)8(9,10)11/h6-7H,3-5H2,1-2H3. The predicted octanol–water partition coefficient (Wildman–Crippen LogP) is 1.66. The Bertz CT molecular complexity index is 169. The molecule has 0 aromatic heterocycles. The highest BCUT2D eigenvalue weighted by Crippen LogP contribution is 2.28. The molecule has 1 unspecified atom stereocenters. The van der Waals surface area contributed by atoms with Crippen LogP contribution in [0.3, 0.4) is 0 Å². The Morgan fingerprint density at radius 3 is 2.38 bits per heavy atom. The molecular weight excluding hydrogens is 183 g/mol. The van der Waals surface area contributed by atoms with E-state index in [1.807, 2.05) is 0 Å². The summed E-state index contributed by atoms with van der Waals surface area (Å²) in [5.74, 6) is 0. The fourth-order valence-corrected chi connectivity index (χ4v) is 1.52. The average Bonchev–Trinajstić information content (AvgIpc) is 2.03. The lowest BCUT2D eigenvalue weighted by Crippen LogP contribution is -2.55. The van der Waals surface area contributed by atoms with Crippen molar-refractivity contribution < 1.29 is 17.9 Å². The van der Waals surface area contributed by atoms with E-state index in [4.69, 9.17) is 4.74 Å². The first-order valence-corrected chi connectivity index (χ1v) is 4.33. The van der Waals surface area contributed by atoms with Crippen LogP contribution >= 0.6 is 0 Å². The zero-order chi connectivity index (χ0) is 10.1. The van der Waals surface area contributed by atoms with Crippen molar-refractivity contribution in [2.45, 2.75) is 32.1 Å². The van der Waals surface area contributed by atoms with Crippen molar-refractivity contribution in [3.05, 3.63) is 0 Å². The van der Waals surface area contributed by atoms with E-state index in [2.05, 4.69) is 0 Å². The van der Waals surface area contributed by atoms with Crippen LogP contribution in [0, 0.1) is 0 Å². The van der Waals surface area contributed by atoms with Gasteiger partial charge in [-0.05, 0) is 13.8 Å². The Morgan fingerprint density at radius 2 is 2.00 bits per heavy atom. The molecule has 13 heavy (non-hydrogen) atoms. The van der Waals surface area contributed by atoms with Crippen molar-refractivity contribution in [1.29, 1.82) is 0 Å². The molecule has 1 aliphatic rings. The number of hydrogen-bond acceptors (Lipinski definition) is 2. The molecule has 2 nitrogen and oxygen atoms in total. The highest BCUT2D eigenvalue weighted by atomic mass is 19.4. The van der Waals surface area contributed by atoms with Crippen molar-refractivity contribution in [3.8, 4) is 0 Å². The maximum absolute atomic E-state index is 12.4. The first kappa shape index (κ1) is 10.8. The third-order valence-electron chi connectivity index (χ3n) is 2.21. The number of nitrogens with zero attached hydrogens (tertiary/aromatic N) is 1. The molecule has 1 aliphatic heterocycles. The minimum atomic E-state index is -4.18. The molecular formula is C8H14F3NO. The van der Waals surface area contributed by atoms with Gasteiger partial charge in [-0.1, -0.05) is 0 Å². The lowest BCUT2D eigenvalue weighted by molar-refractivity contribution is -0.216. The van der Waals surface area contributed by atoms with Gasteiger partial charge in [-0.25, -0.2) is 0 Å². The molecule has 0 amide bonds. The van der Waals surface area contributed by atoms with Gasteiger partial charge in [-0.2, -0.15) is 13.2 Å². The summed E-state index contributed by atoms with van der Waals surface area (Å²) in [4.78, 5) is 1.43. The summed E-state index contributed by atoms with van der Waals surface area (Å²) in [5.41, 5.74) is 0. The van der Waals surface area contributed by atoms with Crippen molar-refractivity contribution >= 4 is 0 Å². The van der Waals surface area contributed by atoms with Crippen LogP contribution in [0.25, 0.3) is 0 Å². The molecule has 1 heterocycles. The number of rotatable bonds is 1. The van der Waals surface area contributed by atoms with Crippen LogP contribution in [-0.4, -0.2) is 42.9 Å². The van der Waals surface area contributed by atoms with Crippen molar-refractivity contribution in [2.75, 3.05) is 19.8 Å². The molecule has 78 valence electrons. The Labute approximate surface area is 75.7 Å². The summed E-state index contributed by atoms with van der Waals surface area (Å²) in [6.45, 7) is 4.06. The summed E-state index contributed by atoms with van der Waals surface area (Å²) in [7, 11) is 0. The number of halogens is 3. The summed E-state index contributed by atoms with van der Waals surface area (Å²) < 4.78 is 42.1. The highest BCUT2D eigenvalue weighted by molar-refractivity contribution is 4.83. The van der Waals surface area contributed by atoms with Crippen molar-refractivity contribution in [2.24, 2.45) is 0 Å². The maximum atomic E-state index is 12.4. The monoisotopic (exact) mass is 197 g/mol. The molecule has 1 rings (SSSR count). The van der Waals surface area contributed by atoms with Gasteiger partial charge in [-0.3, -0.25) is 4.90 Å². The van der Waals surface area contributed by atoms with Crippen LogP contribution < -0.4 is 0 Å². The van der Waals surface area contributed by atoms with Crippen molar-refractivity contribution in [1.82, 2.24) is 4.90 Å². The lowest BCUT2D eigenvalue weighted by atomic mass is 10.1. The van der Waals surface area contributed by atoms with Crippen molar-refractivity contribution in [3.63, 3.8) is 0 Å². The molecule has 0 radical (unpaired) electrons. The minimum absolute atomic E-state index is 0.0875. The van der Waals surface area contributed by atoms with Crippen LogP contribution in [-0.2, 0) is 4.74 Å². The van der Waals surface area contributed by atoms with E-state index >= 15 is 0 Å². The van der Waals surface area contributed by atoms with Gasteiger partial charge >= 0.3 is 6.18 Å². The molecule has 0 aromatic carbocycles. The zero-order valence-electron chi connectivity index (χ0n) is 7.77. The summed E-state index contributed by atoms with van der Waals surface area (Å²) >= 11 is 0. The molecule has 1 fully saturated rings. The third-order valence-corrected chi connectivity index (χ3v) is 2.21. The van der Waals surface area contributed by atoms with Gasteiger partial charge in [0.1, 0.15) is 6.04 Å². The molecule has 0 spiro atoms. The lowest BCUT2D eigenvalue weighted by Gasteiger charge is -2.39. The quantitative estimate of drug-likeness (QED) is 0.633. The predicted molar refractivity (Wildman–Crippen MR) is 42.5 cm³/mol. The van der Waals surface area contributed by atoms with E-state index in [0.717, 1.165) is 0 Å². The van der Waals surface area contributed by atoms with E-state index in [0.29, 0.717) is 13.2 Å². The molecule has 5 heteroatoms. The van der Waals surface area contributed by atoms with Gasteiger partial charge in [0, 0.05) is 12.6 Å². The molecule has 0 aromatic rings. The van der Waals surface area contributed by atoms with Gasteiger partial charge in [0.2, 0.25) is 0 Å². The molecule has 0 saturated carbocycles. The number of ether oxygens (including phenoxy) is 1. The maximum Gasteiger partial charge on any atom is 0.406 e. The Hall–Kier alpha value is -0.290. The van der Waals surface area contributed by atoms with E-state index in [1.165, 1.54) is 4.90 Å². The minimum Gasteiger partial charge on any atom is -0.378 e. The Morgan fingerprint density at radius 1 is 1.38 bits per heavy atom. The topological polar surface area (TPSA) is 12.5 Å². The van der Waals surface area contributed by atoms with Crippen LogP contribution in [0.4, 0.5) is 13.2 Å². The second-order valence-corrected chi connectivity index (χ2v) is 3.46. The van der Waals surface area contributed by atoms with Crippen LogP contribution in [0.2, 0.25) is 0 Å². The van der Waals surface area contributed by atoms with E-state index in [9.17, 15) is 13.2 Å². The smallest absolute Gasteiger partial charge is 0.378 e. The molecule has 0 aliphatic carbocycles. The number of hydrogen-bond donors (Lipinski definition) is 0. The Balaban J connectivity index is 2.67. The van der Waals surface area contributed by atoms with E-state index in [1.54, 1.807) is 13.8 Å². The summed E-state index contributed by atoms with van der Waals surface area (Å²) in [5, 5.41) is 0. The van der Waals surface area contributed by atoms with E-state index in [-0.39, 0.29) is 12.6 Å². The third kappa shape index (κ3) is 2.57. The number of alkyl halides is 3. The summed E-state index contributed by atoms with van der Waals surface area (Å²) in [6, 6.07) is -1.52. The SMILES string of the molecule is CC(C)N1CCOCC1C(F)(F)F. The zero-order valence-corrected chi connectivity index (χ0v) is 7.77. The van der Waals surface area contributed by atoms with Gasteiger partial charge in [-0.15, -0.1) is 0 Å². The molecule has 0 bridgehead atoms. The highest BCUT2D eigenvalue weighted by Gasteiger charge is 2.45. The second kappa shape index (κ2) is 3.84. The van der Waals surface area contributed by atoms with Crippen LogP contribution in [0.15, 0.2) is 0 Å². The van der Waals surface area contributed by atoms with Gasteiger partial charge in [0.05, 0.1) is 13.2 Å². The largest absolute Gasteiger partial charge is 0.406 e. The fraction of sp³-hybridized carbons (Fsp3) is 1.00. The molecule has 1 saturated heterocycles. The Kier molecular flexibility index (Phi) is 3.18. The van der Waals surface area contributed by atoms with E-state index < -0.39 is 12.2 Å². The second-order valence-electron chi connectivity index (χ2n) is 3.46. The van der Waals surface area contributed by atoms with Crippen LogP contribution in [0.5, 0.6) is 0 Å². The van der Waals surface area contributed by atoms with Gasteiger partial charge < -0.3 is 4.74 Å². The fourth-order valence-electron chi connectivity index (χ4n) is 1.52. The van der Waals surface area contributed by atoms with Crippen LogP contribution in [0.1, 0.15) is 13.8 Å². The average molecular weight is 197 g/mol. The van der Waals surface area contributed by atoms with Gasteiger partial charge in [0.25, 0.3) is 0 Å². The normalized spacial score (nSPS) is 26.8. The van der Waals surface area contributed by atoms with Gasteiger partial charge in [0.15, 0.2) is 0 Å². The number of morpholine rings is 1. The first-order chi connectivity index (χ1) is 5.93. The molecule has 1 atom stereocenters. The molecule has 0 N–H and O–H groups in total. The summed E-state index contributed by atoms with van der Waals surface area (Å²) in [6.07, 6.45) is -4.18. The first-order valence-electron chi connectivity index (χ1n) is 4.33.